The second-order valence-corrected chi connectivity index (χ2v) is 7.87. The van der Waals surface area contributed by atoms with Crippen molar-refractivity contribution in [2.75, 3.05) is 7.11 Å². The molecule has 0 aliphatic carbocycles. The predicted octanol–water partition coefficient (Wildman–Crippen LogP) is 3.93. The lowest BCUT2D eigenvalue weighted by molar-refractivity contribution is -0.121. The van der Waals surface area contributed by atoms with Gasteiger partial charge in [0.15, 0.2) is 5.65 Å². The number of methoxy groups -OCH3 is 1. The van der Waals surface area contributed by atoms with E-state index in [2.05, 4.69) is 15.4 Å². The molecule has 29 heavy (non-hydrogen) atoms. The molecule has 0 radical (unpaired) electrons. The Morgan fingerprint density at radius 2 is 2.10 bits per heavy atom. The maximum Gasteiger partial charge on any atom is 0.242 e. The van der Waals surface area contributed by atoms with Crippen LogP contribution in [0.15, 0.2) is 24.3 Å². The maximum absolute atomic E-state index is 12.5. The van der Waals surface area contributed by atoms with Gasteiger partial charge in [-0.3, -0.25) is 4.79 Å². The van der Waals surface area contributed by atoms with Crippen molar-refractivity contribution in [2.24, 2.45) is 7.05 Å². The van der Waals surface area contributed by atoms with Gasteiger partial charge in [0, 0.05) is 30.2 Å². The zero-order chi connectivity index (χ0) is 21.1. The molecule has 3 aromatic rings. The van der Waals surface area contributed by atoms with Gasteiger partial charge in [-0.05, 0) is 62.4 Å². The first-order valence-electron chi connectivity index (χ1n) is 9.70. The summed E-state index contributed by atoms with van der Waals surface area (Å²) in [5, 5.41) is 9.07. The second-order valence-electron chi connectivity index (χ2n) is 7.43. The van der Waals surface area contributed by atoms with Crippen LogP contribution in [0.2, 0.25) is 5.02 Å². The molecule has 154 valence electrons. The third kappa shape index (κ3) is 4.70. The van der Waals surface area contributed by atoms with Gasteiger partial charge in [0.25, 0.3) is 0 Å². The molecule has 6 nitrogen and oxygen atoms in total. The first-order chi connectivity index (χ1) is 13.8. The van der Waals surface area contributed by atoms with Gasteiger partial charge in [0.2, 0.25) is 11.8 Å². The molecule has 7 heteroatoms. The molecule has 0 aliphatic rings. The van der Waals surface area contributed by atoms with Crippen molar-refractivity contribution in [1.82, 2.24) is 20.1 Å². The van der Waals surface area contributed by atoms with Gasteiger partial charge in [-0.1, -0.05) is 23.7 Å². The Kier molecular flexibility index (Phi) is 6.42. The minimum atomic E-state index is 0.0246. The number of hydrogen-bond donors (Lipinski definition) is 1. The zero-order valence-corrected chi connectivity index (χ0v) is 18.3. The van der Waals surface area contributed by atoms with Gasteiger partial charge in [-0.15, -0.1) is 5.10 Å². The van der Waals surface area contributed by atoms with E-state index in [0.717, 1.165) is 39.8 Å². The van der Waals surface area contributed by atoms with Crippen molar-refractivity contribution >= 4 is 28.5 Å². The van der Waals surface area contributed by atoms with E-state index in [1.807, 2.05) is 52.1 Å². The molecule has 1 amide bonds. The SMILES string of the molecule is COc1nn(C)c2nc(C)c(CCC(=O)N[C@H](C)Cc3cccc(Cl)c3)c(C)c12. The second kappa shape index (κ2) is 8.82. The van der Waals surface area contributed by atoms with Crippen LogP contribution in [0.1, 0.15) is 35.7 Å². The number of halogens is 1. The zero-order valence-electron chi connectivity index (χ0n) is 17.5. The molecule has 1 N–H and O–H groups in total. The number of rotatable bonds is 7. The number of aromatic nitrogens is 3. The van der Waals surface area contributed by atoms with Crippen LogP contribution in [-0.2, 0) is 24.7 Å². The van der Waals surface area contributed by atoms with Crippen molar-refractivity contribution in [1.29, 1.82) is 0 Å². The van der Waals surface area contributed by atoms with Crippen molar-refractivity contribution in [3.8, 4) is 5.88 Å². The van der Waals surface area contributed by atoms with E-state index >= 15 is 0 Å². The third-order valence-electron chi connectivity index (χ3n) is 5.16. The highest BCUT2D eigenvalue weighted by atomic mass is 35.5. The summed E-state index contributed by atoms with van der Waals surface area (Å²) >= 11 is 6.04. The normalized spacial score (nSPS) is 12.2. The van der Waals surface area contributed by atoms with E-state index in [1.54, 1.807) is 11.8 Å². The molecule has 3 rings (SSSR count). The molecule has 0 bridgehead atoms. The Labute approximate surface area is 176 Å². The fourth-order valence-electron chi connectivity index (χ4n) is 3.76. The van der Waals surface area contributed by atoms with Crippen LogP contribution in [0.5, 0.6) is 5.88 Å². The molecule has 2 aromatic heterocycles. The Hall–Kier alpha value is -2.60. The van der Waals surface area contributed by atoms with Crippen LogP contribution in [0.25, 0.3) is 11.0 Å². The van der Waals surface area contributed by atoms with Gasteiger partial charge >= 0.3 is 0 Å². The van der Waals surface area contributed by atoms with Crippen LogP contribution in [0.4, 0.5) is 0 Å². The topological polar surface area (TPSA) is 69.0 Å². The Balaban J connectivity index is 1.67. The van der Waals surface area contributed by atoms with E-state index in [4.69, 9.17) is 16.3 Å². The largest absolute Gasteiger partial charge is 0.479 e. The summed E-state index contributed by atoms with van der Waals surface area (Å²) in [6.07, 6.45) is 1.76. The summed E-state index contributed by atoms with van der Waals surface area (Å²) in [4.78, 5) is 17.2. The van der Waals surface area contributed by atoms with Crippen LogP contribution in [0, 0.1) is 13.8 Å². The molecule has 0 saturated carbocycles. The van der Waals surface area contributed by atoms with Crippen molar-refractivity contribution in [3.05, 3.63) is 51.7 Å². The molecule has 0 fully saturated rings. The minimum Gasteiger partial charge on any atom is -0.479 e. The summed E-state index contributed by atoms with van der Waals surface area (Å²) in [5.74, 6) is 0.588. The summed E-state index contributed by atoms with van der Waals surface area (Å²) < 4.78 is 7.13. The molecule has 1 atom stereocenters. The van der Waals surface area contributed by atoms with E-state index in [0.29, 0.717) is 23.7 Å². The molecule has 0 aliphatic heterocycles. The number of fused-ring (bicyclic) bond motifs is 1. The van der Waals surface area contributed by atoms with Crippen LogP contribution in [-0.4, -0.2) is 33.8 Å². The first-order valence-corrected chi connectivity index (χ1v) is 10.1. The lowest BCUT2D eigenvalue weighted by Crippen LogP contribution is -2.34. The molecular formula is C22H27ClN4O2. The monoisotopic (exact) mass is 414 g/mol. The maximum atomic E-state index is 12.5. The highest BCUT2D eigenvalue weighted by molar-refractivity contribution is 6.30. The smallest absolute Gasteiger partial charge is 0.242 e. The highest BCUT2D eigenvalue weighted by Crippen LogP contribution is 2.30. The van der Waals surface area contributed by atoms with E-state index in [9.17, 15) is 4.79 Å². The van der Waals surface area contributed by atoms with Gasteiger partial charge in [-0.2, -0.15) is 0 Å². The van der Waals surface area contributed by atoms with Gasteiger partial charge < -0.3 is 10.1 Å². The predicted molar refractivity (Wildman–Crippen MR) is 116 cm³/mol. The summed E-state index contributed by atoms with van der Waals surface area (Å²) in [7, 11) is 3.46. The van der Waals surface area contributed by atoms with E-state index < -0.39 is 0 Å². The minimum absolute atomic E-state index is 0.0246. The molecule has 2 heterocycles. The average Bonchev–Trinajstić information content (AvgIpc) is 2.97. The number of nitrogens with one attached hydrogen (secondary N) is 1. The standard InChI is InChI=1S/C22H27ClN4O2/c1-13(11-16-7-6-8-17(23)12-16)24-19(28)10-9-18-14(2)20-21(25-15(18)3)27(4)26-22(20)29-5/h6-8,12-13H,9-11H2,1-5H3,(H,24,28)/t13-/m1/s1. The average molecular weight is 415 g/mol. The summed E-state index contributed by atoms with van der Waals surface area (Å²) in [6.45, 7) is 6.01. The molecular weight excluding hydrogens is 388 g/mol. The summed E-state index contributed by atoms with van der Waals surface area (Å²) in [6, 6.07) is 7.75. The molecule has 0 spiro atoms. The van der Waals surface area contributed by atoms with Crippen LogP contribution < -0.4 is 10.1 Å². The Bertz CT molecular complexity index is 1040. The number of hydrogen-bond acceptors (Lipinski definition) is 4. The highest BCUT2D eigenvalue weighted by Gasteiger charge is 2.18. The van der Waals surface area contributed by atoms with Gasteiger partial charge in [0.05, 0.1) is 12.5 Å². The summed E-state index contributed by atoms with van der Waals surface area (Å²) in [5.41, 5.74) is 4.95. The molecule has 0 saturated heterocycles. The third-order valence-corrected chi connectivity index (χ3v) is 5.39. The number of ether oxygens (including phenoxy) is 1. The van der Waals surface area contributed by atoms with E-state index in [1.165, 1.54) is 0 Å². The van der Waals surface area contributed by atoms with Crippen molar-refractivity contribution < 1.29 is 9.53 Å². The first kappa shape index (κ1) is 21.1. The van der Waals surface area contributed by atoms with Crippen LogP contribution in [0.3, 0.4) is 0 Å². The van der Waals surface area contributed by atoms with Gasteiger partial charge in [-0.25, -0.2) is 9.67 Å². The lowest BCUT2D eigenvalue weighted by atomic mass is 10.00. The number of amides is 1. The number of nitrogens with zero attached hydrogens (tertiary/aromatic N) is 3. The Morgan fingerprint density at radius 1 is 1.34 bits per heavy atom. The number of carbonyl (C=O) groups is 1. The van der Waals surface area contributed by atoms with Crippen molar-refractivity contribution in [2.45, 2.75) is 46.1 Å². The lowest BCUT2D eigenvalue weighted by Gasteiger charge is -2.15. The van der Waals surface area contributed by atoms with Crippen molar-refractivity contribution in [3.63, 3.8) is 0 Å². The van der Waals surface area contributed by atoms with E-state index in [-0.39, 0.29) is 11.9 Å². The van der Waals surface area contributed by atoms with Crippen LogP contribution >= 0.6 is 11.6 Å². The number of pyridine rings is 1. The molecule has 1 aromatic carbocycles. The Morgan fingerprint density at radius 3 is 2.79 bits per heavy atom. The quantitative estimate of drug-likeness (QED) is 0.636. The number of benzene rings is 1. The molecule has 0 unspecified atom stereocenters. The fourth-order valence-corrected chi connectivity index (χ4v) is 3.97. The number of aryl methyl sites for hydroxylation is 3. The fraction of sp³-hybridized carbons (Fsp3) is 0.409. The number of carbonyl (C=O) groups excluding carboxylic acids is 1. The van der Waals surface area contributed by atoms with Gasteiger partial charge in [0.1, 0.15) is 0 Å².